The number of ether oxygens (including phenoxy) is 1. The van der Waals surface area contributed by atoms with Gasteiger partial charge in [0.05, 0.1) is 17.1 Å². The van der Waals surface area contributed by atoms with E-state index in [0.717, 1.165) is 28.4 Å². The molecule has 6 aromatic rings. The maximum atomic E-state index is 14.0. The largest absolute Gasteiger partial charge is 0.444 e. The fourth-order valence-electron chi connectivity index (χ4n) is 6.27. The Morgan fingerprint density at radius 1 is 0.865 bits per heavy atom. The Labute approximate surface area is 300 Å². The highest BCUT2D eigenvalue weighted by atomic mass is 32.2. The van der Waals surface area contributed by atoms with E-state index >= 15 is 0 Å². The molecule has 0 atom stereocenters. The van der Waals surface area contributed by atoms with Crippen LogP contribution in [-0.4, -0.2) is 69.9 Å². The van der Waals surface area contributed by atoms with Crippen LogP contribution in [0.25, 0.3) is 33.4 Å². The first-order chi connectivity index (χ1) is 24.7. The third kappa shape index (κ3) is 7.26. The van der Waals surface area contributed by atoms with E-state index in [9.17, 15) is 22.0 Å². The van der Waals surface area contributed by atoms with Gasteiger partial charge in [-0.25, -0.2) is 30.9 Å². The summed E-state index contributed by atoms with van der Waals surface area (Å²) < 4.78 is 63.9. The summed E-state index contributed by atoms with van der Waals surface area (Å²) in [7, 11) is -4.04. The van der Waals surface area contributed by atoms with Crippen molar-refractivity contribution in [1.82, 2.24) is 23.6 Å². The lowest BCUT2D eigenvalue weighted by molar-refractivity contribution is 0.0240. The van der Waals surface area contributed by atoms with Crippen molar-refractivity contribution in [2.75, 3.05) is 31.1 Å². The number of benzene rings is 3. The van der Waals surface area contributed by atoms with Gasteiger partial charge >= 0.3 is 6.09 Å². The first-order valence-electron chi connectivity index (χ1n) is 16.9. The summed E-state index contributed by atoms with van der Waals surface area (Å²) in [6, 6.07) is 21.6. The summed E-state index contributed by atoms with van der Waals surface area (Å²) in [6.07, 6.45) is 4.54. The average molecular weight is 725 g/mol. The zero-order chi connectivity index (χ0) is 36.8. The van der Waals surface area contributed by atoms with Crippen LogP contribution in [0.4, 0.5) is 19.3 Å². The number of anilines is 1. The van der Waals surface area contributed by atoms with Gasteiger partial charge in [-0.3, -0.25) is 4.68 Å². The zero-order valence-electron chi connectivity index (χ0n) is 29.3. The number of halogens is 2. The fraction of sp³-hybridized carbons (Fsp3) is 0.256. The predicted molar refractivity (Wildman–Crippen MR) is 196 cm³/mol. The minimum atomic E-state index is -4.04. The molecular weight excluding hydrogens is 687 g/mol. The molecule has 3 aromatic heterocycles. The normalized spacial score (nSPS) is 13.9. The minimum absolute atomic E-state index is 0.112. The quantitative estimate of drug-likeness (QED) is 0.168. The van der Waals surface area contributed by atoms with E-state index in [-0.39, 0.29) is 23.2 Å². The average Bonchev–Trinajstić information content (AvgIpc) is 3.72. The van der Waals surface area contributed by atoms with Gasteiger partial charge in [-0.1, -0.05) is 29.8 Å². The van der Waals surface area contributed by atoms with Crippen molar-refractivity contribution in [2.24, 2.45) is 0 Å². The summed E-state index contributed by atoms with van der Waals surface area (Å²) in [5, 5.41) is 5.23. The maximum absolute atomic E-state index is 14.0. The van der Waals surface area contributed by atoms with Gasteiger partial charge in [-0.05, 0) is 87.4 Å². The number of aromatic nitrogens is 4. The van der Waals surface area contributed by atoms with Gasteiger partial charge in [0.2, 0.25) is 0 Å². The molecular formula is C39H38F2N6O4S. The van der Waals surface area contributed by atoms with E-state index in [1.54, 1.807) is 52.3 Å². The van der Waals surface area contributed by atoms with E-state index in [4.69, 9.17) is 4.74 Å². The van der Waals surface area contributed by atoms with E-state index in [1.165, 1.54) is 22.3 Å². The van der Waals surface area contributed by atoms with Crippen molar-refractivity contribution in [1.29, 1.82) is 0 Å². The smallest absolute Gasteiger partial charge is 0.410 e. The molecule has 268 valence electrons. The number of amides is 1. The van der Waals surface area contributed by atoms with Gasteiger partial charge < -0.3 is 14.5 Å². The molecule has 1 aliphatic heterocycles. The number of rotatable bonds is 7. The second kappa shape index (κ2) is 13.5. The fourth-order valence-corrected chi connectivity index (χ4v) is 7.59. The van der Waals surface area contributed by atoms with Crippen LogP contribution in [-0.2, 0) is 21.3 Å². The van der Waals surface area contributed by atoms with Gasteiger partial charge in [-0.15, -0.1) is 0 Å². The molecule has 0 saturated carbocycles. The monoisotopic (exact) mass is 724 g/mol. The first-order valence-corrected chi connectivity index (χ1v) is 18.3. The molecule has 0 N–H and O–H groups in total. The topological polar surface area (TPSA) is 103 Å². The number of fused-ring (bicyclic) bond motifs is 1. The van der Waals surface area contributed by atoms with E-state index in [1.807, 2.05) is 58.0 Å². The molecule has 1 aliphatic rings. The van der Waals surface area contributed by atoms with Crippen LogP contribution in [0.1, 0.15) is 31.9 Å². The molecule has 13 heteroatoms. The lowest BCUT2D eigenvalue weighted by Crippen LogP contribution is -2.50. The van der Waals surface area contributed by atoms with E-state index in [2.05, 4.69) is 15.0 Å². The molecule has 7 rings (SSSR count). The summed E-state index contributed by atoms with van der Waals surface area (Å²) >= 11 is 0. The SMILES string of the molecule is Cc1ccc(S(=O)(=O)n2cc(-c3ccn(Cc4cc(F)cc(F)c4)n3)c3cc(-c4ccc(N5CCN(C(=O)OC(C)(C)C)CC5)cc4)cnc32)cc1. The van der Waals surface area contributed by atoms with Gasteiger partial charge in [0.25, 0.3) is 10.0 Å². The van der Waals surface area contributed by atoms with Crippen molar-refractivity contribution in [3.05, 3.63) is 120 Å². The van der Waals surface area contributed by atoms with Crippen LogP contribution >= 0.6 is 0 Å². The molecule has 0 spiro atoms. The molecule has 0 bridgehead atoms. The maximum Gasteiger partial charge on any atom is 0.410 e. The Kier molecular flexibility index (Phi) is 9.07. The third-order valence-corrected chi connectivity index (χ3v) is 10.5. The van der Waals surface area contributed by atoms with Crippen molar-refractivity contribution in [2.45, 2.75) is 44.7 Å². The Bertz CT molecular complexity index is 2350. The number of nitrogens with zero attached hydrogens (tertiary/aromatic N) is 6. The van der Waals surface area contributed by atoms with Crippen molar-refractivity contribution in [3.8, 4) is 22.4 Å². The summed E-state index contributed by atoms with van der Waals surface area (Å²) in [5.41, 5.74) is 4.69. The van der Waals surface area contributed by atoms with Gasteiger partial charge in [0.1, 0.15) is 17.2 Å². The molecule has 0 radical (unpaired) electrons. The molecule has 10 nitrogen and oxygen atoms in total. The highest BCUT2D eigenvalue weighted by Gasteiger charge is 2.27. The van der Waals surface area contributed by atoms with Gasteiger partial charge in [-0.2, -0.15) is 5.10 Å². The number of hydrogen-bond acceptors (Lipinski definition) is 7. The molecule has 1 saturated heterocycles. The van der Waals surface area contributed by atoms with Crippen LogP contribution < -0.4 is 4.90 Å². The van der Waals surface area contributed by atoms with Crippen LogP contribution in [0, 0.1) is 18.6 Å². The third-order valence-electron chi connectivity index (χ3n) is 8.87. The zero-order valence-corrected chi connectivity index (χ0v) is 30.1. The number of carbonyl (C=O) groups excluding carboxylic acids is 1. The summed E-state index contributed by atoms with van der Waals surface area (Å²) in [5.74, 6) is -1.36. The lowest BCUT2D eigenvalue weighted by atomic mass is 10.0. The van der Waals surface area contributed by atoms with E-state index < -0.39 is 27.3 Å². The molecule has 1 fully saturated rings. The molecule has 0 unspecified atom stereocenters. The van der Waals surface area contributed by atoms with Gasteiger partial charge in [0.15, 0.2) is 5.65 Å². The van der Waals surface area contributed by atoms with Crippen LogP contribution in [0.15, 0.2) is 102 Å². The predicted octanol–water partition coefficient (Wildman–Crippen LogP) is 7.50. The molecule has 3 aromatic carbocycles. The number of carbonyl (C=O) groups is 1. The summed E-state index contributed by atoms with van der Waals surface area (Å²) in [6.45, 7) is 10.0. The Balaban J connectivity index is 1.20. The standard InChI is InChI=1S/C39H38F2N6O4S/c1-26-5-11-33(12-6-26)52(49,50)47-25-35(36-13-14-46(43-36)24-27-19-30(40)22-31(41)20-27)34-21-29(23-42-37(34)47)28-7-9-32(10-8-28)44-15-17-45(18-16-44)38(48)51-39(2,3)4/h5-14,19-23,25H,15-18,24H2,1-4H3. The second-order valence-electron chi connectivity index (χ2n) is 13.9. The second-order valence-corrected chi connectivity index (χ2v) is 15.7. The Hall–Kier alpha value is -5.56. The van der Waals surface area contributed by atoms with Crippen LogP contribution in [0.5, 0.6) is 0 Å². The number of piperazine rings is 1. The Morgan fingerprint density at radius 2 is 1.54 bits per heavy atom. The van der Waals surface area contributed by atoms with Gasteiger partial charge in [0, 0.05) is 73.0 Å². The summed E-state index contributed by atoms with van der Waals surface area (Å²) in [4.78, 5) is 21.3. The molecule has 0 aliphatic carbocycles. The molecule has 1 amide bonds. The van der Waals surface area contributed by atoms with Crippen molar-refractivity contribution in [3.63, 3.8) is 0 Å². The number of pyridine rings is 1. The van der Waals surface area contributed by atoms with Crippen molar-refractivity contribution < 1.29 is 26.7 Å². The number of hydrogen-bond donors (Lipinski definition) is 0. The van der Waals surface area contributed by atoms with E-state index in [0.29, 0.717) is 48.4 Å². The highest BCUT2D eigenvalue weighted by molar-refractivity contribution is 7.90. The molecule has 52 heavy (non-hydrogen) atoms. The molecule has 4 heterocycles. The van der Waals surface area contributed by atoms with Crippen molar-refractivity contribution >= 4 is 32.8 Å². The minimum Gasteiger partial charge on any atom is -0.444 e. The van der Waals surface area contributed by atoms with Crippen LogP contribution in [0.3, 0.4) is 0 Å². The Morgan fingerprint density at radius 3 is 2.19 bits per heavy atom. The highest BCUT2D eigenvalue weighted by Crippen LogP contribution is 2.35. The number of aryl methyl sites for hydroxylation is 1. The first kappa shape index (κ1) is 34.9. The van der Waals surface area contributed by atoms with Crippen LogP contribution in [0.2, 0.25) is 0 Å². The lowest BCUT2D eigenvalue weighted by Gasteiger charge is -2.36.